The van der Waals surface area contributed by atoms with Crippen molar-refractivity contribution in [3.8, 4) is 0 Å². The Kier molecular flexibility index (Phi) is 4.22. The first-order valence-electron chi connectivity index (χ1n) is 6.48. The van der Waals surface area contributed by atoms with Crippen molar-refractivity contribution in [1.29, 1.82) is 0 Å². The van der Waals surface area contributed by atoms with Gasteiger partial charge in [-0.15, -0.1) is 0 Å². The molecule has 0 saturated heterocycles. The molecule has 2 aromatic carbocycles. The van der Waals surface area contributed by atoms with E-state index in [9.17, 15) is 9.59 Å². The Balaban J connectivity index is 2.04. The molecule has 3 aromatic rings. The van der Waals surface area contributed by atoms with Crippen molar-refractivity contribution in [2.45, 2.75) is 6.54 Å². The van der Waals surface area contributed by atoms with E-state index in [2.05, 4.69) is 36.8 Å². The summed E-state index contributed by atoms with van der Waals surface area (Å²) >= 11 is 6.74. The highest BCUT2D eigenvalue weighted by Gasteiger charge is 2.12. The Morgan fingerprint density at radius 3 is 2.59 bits per heavy atom. The maximum atomic E-state index is 12.5. The summed E-state index contributed by atoms with van der Waals surface area (Å²) in [5.74, 6) is -0.127. The van der Waals surface area contributed by atoms with Gasteiger partial charge in [0.05, 0.1) is 23.8 Å². The van der Waals surface area contributed by atoms with E-state index in [0.29, 0.717) is 16.5 Å². The third kappa shape index (κ3) is 2.89. The van der Waals surface area contributed by atoms with Crippen molar-refractivity contribution in [1.82, 2.24) is 9.55 Å². The molecule has 1 aromatic heterocycles. The van der Waals surface area contributed by atoms with E-state index in [1.807, 2.05) is 12.1 Å². The van der Waals surface area contributed by atoms with Crippen LogP contribution < -0.4 is 5.56 Å². The average molecular weight is 422 g/mol. The molecular formula is C16H10Br2N2O2. The molecule has 0 aliphatic heterocycles. The standard InChI is InChI=1S/C16H10Br2N2O2/c17-11-6-12-15(13(18)7-11)19-9-20(16(12)22)8-14(21)10-4-2-1-3-5-10/h1-7,9H,8H2. The lowest BCUT2D eigenvalue weighted by atomic mass is 10.1. The van der Waals surface area contributed by atoms with Crippen molar-refractivity contribution < 1.29 is 4.79 Å². The first-order chi connectivity index (χ1) is 10.6. The summed E-state index contributed by atoms with van der Waals surface area (Å²) in [4.78, 5) is 29.0. The lowest BCUT2D eigenvalue weighted by molar-refractivity contribution is 0.0970. The highest BCUT2D eigenvalue weighted by molar-refractivity contribution is 9.11. The molecule has 0 N–H and O–H groups in total. The number of rotatable bonds is 3. The molecule has 110 valence electrons. The van der Waals surface area contributed by atoms with Crippen LogP contribution in [0.1, 0.15) is 10.4 Å². The second-order valence-electron chi connectivity index (χ2n) is 4.75. The van der Waals surface area contributed by atoms with Crippen LogP contribution in [0.3, 0.4) is 0 Å². The van der Waals surface area contributed by atoms with Crippen molar-refractivity contribution in [3.05, 3.63) is 73.7 Å². The van der Waals surface area contributed by atoms with Gasteiger partial charge in [-0.05, 0) is 28.1 Å². The van der Waals surface area contributed by atoms with Gasteiger partial charge in [0.1, 0.15) is 0 Å². The van der Waals surface area contributed by atoms with Gasteiger partial charge < -0.3 is 0 Å². The zero-order valence-electron chi connectivity index (χ0n) is 11.3. The third-order valence-electron chi connectivity index (χ3n) is 3.26. The highest BCUT2D eigenvalue weighted by Crippen LogP contribution is 2.24. The predicted octanol–water partition coefficient (Wildman–Crippen LogP) is 3.80. The molecule has 3 rings (SSSR count). The summed E-state index contributed by atoms with van der Waals surface area (Å²) in [5, 5.41) is 0.463. The number of Topliss-reactive ketones (excluding diaryl/α,β-unsaturated/α-hetero) is 1. The van der Waals surface area contributed by atoms with Crippen LogP contribution in [-0.2, 0) is 6.54 Å². The van der Waals surface area contributed by atoms with Crippen molar-refractivity contribution in [3.63, 3.8) is 0 Å². The van der Waals surface area contributed by atoms with Crippen molar-refractivity contribution in [2.75, 3.05) is 0 Å². The van der Waals surface area contributed by atoms with Crippen LogP contribution in [0.15, 0.2) is 62.5 Å². The van der Waals surface area contributed by atoms with Crippen LogP contribution in [0, 0.1) is 0 Å². The Morgan fingerprint density at radius 1 is 1.14 bits per heavy atom. The van der Waals surface area contributed by atoms with Crippen LogP contribution in [0.4, 0.5) is 0 Å². The quantitative estimate of drug-likeness (QED) is 0.604. The number of carbonyl (C=O) groups is 1. The molecule has 0 radical (unpaired) electrons. The fourth-order valence-electron chi connectivity index (χ4n) is 2.18. The largest absolute Gasteiger partial charge is 0.292 e. The lowest BCUT2D eigenvalue weighted by Gasteiger charge is -2.07. The van der Waals surface area contributed by atoms with Gasteiger partial charge in [0, 0.05) is 14.5 Å². The molecule has 0 spiro atoms. The molecule has 6 heteroatoms. The minimum absolute atomic E-state index is 0.0318. The second-order valence-corrected chi connectivity index (χ2v) is 6.52. The topological polar surface area (TPSA) is 52.0 Å². The number of hydrogen-bond acceptors (Lipinski definition) is 3. The zero-order chi connectivity index (χ0) is 15.7. The molecule has 1 heterocycles. The van der Waals surface area contributed by atoms with Crippen LogP contribution >= 0.6 is 31.9 Å². The maximum Gasteiger partial charge on any atom is 0.261 e. The first-order valence-corrected chi connectivity index (χ1v) is 8.07. The van der Waals surface area contributed by atoms with E-state index >= 15 is 0 Å². The Labute approximate surface area is 143 Å². The van der Waals surface area contributed by atoms with Crippen molar-refractivity contribution in [2.24, 2.45) is 0 Å². The van der Waals surface area contributed by atoms with Crippen LogP contribution in [0.2, 0.25) is 0 Å². The molecule has 0 aliphatic rings. The summed E-state index contributed by atoms with van der Waals surface area (Å²) < 4.78 is 2.84. The number of aromatic nitrogens is 2. The minimum atomic E-state index is -0.240. The third-order valence-corrected chi connectivity index (χ3v) is 4.32. The summed E-state index contributed by atoms with van der Waals surface area (Å²) in [6.45, 7) is -0.0318. The van der Waals surface area contributed by atoms with Gasteiger partial charge >= 0.3 is 0 Å². The number of hydrogen-bond donors (Lipinski definition) is 0. The van der Waals surface area contributed by atoms with Crippen LogP contribution in [0.25, 0.3) is 10.9 Å². The molecule has 22 heavy (non-hydrogen) atoms. The summed E-state index contributed by atoms with van der Waals surface area (Å²) in [7, 11) is 0. The maximum absolute atomic E-state index is 12.5. The van der Waals surface area contributed by atoms with E-state index in [4.69, 9.17) is 0 Å². The van der Waals surface area contributed by atoms with E-state index in [0.717, 1.165) is 8.95 Å². The molecular weight excluding hydrogens is 412 g/mol. The Hall–Kier alpha value is -1.79. The SMILES string of the molecule is O=C(Cn1cnc2c(Br)cc(Br)cc2c1=O)c1ccccc1. The number of nitrogens with zero attached hydrogens (tertiary/aromatic N) is 2. The van der Waals surface area contributed by atoms with E-state index in [1.165, 1.54) is 10.9 Å². The van der Waals surface area contributed by atoms with E-state index in [-0.39, 0.29) is 17.9 Å². The fourth-order valence-corrected chi connectivity index (χ4v) is 3.51. The monoisotopic (exact) mass is 420 g/mol. The number of fused-ring (bicyclic) bond motifs is 1. The minimum Gasteiger partial charge on any atom is -0.292 e. The molecule has 0 aliphatic carbocycles. The highest BCUT2D eigenvalue weighted by atomic mass is 79.9. The smallest absolute Gasteiger partial charge is 0.261 e. The van der Waals surface area contributed by atoms with Crippen LogP contribution in [0.5, 0.6) is 0 Å². The molecule has 4 nitrogen and oxygen atoms in total. The van der Waals surface area contributed by atoms with Gasteiger partial charge in [0.15, 0.2) is 5.78 Å². The average Bonchev–Trinajstić information content (AvgIpc) is 2.51. The molecule has 0 unspecified atom stereocenters. The molecule has 0 amide bonds. The number of carbonyl (C=O) groups excluding carboxylic acids is 1. The normalized spacial score (nSPS) is 10.8. The Morgan fingerprint density at radius 2 is 1.86 bits per heavy atom. The number of ketones is 1. The molecule has 0 saturated carbocycles. The number of halogens is 2. The summed E-state index contributed by atoms with van der Waals surface area (Å²) in [6, 6.07) is 12.4. The molecule has 0 fully saturated rings. The summed E-state index contributed by atoms with van der Waals surface area (Å²) in [6.07, 6.45) is 1.41. The molecule has 0 bridgehead atoms. The predicted molar refractivity (Wildman–Crippen MR) is 92.2 cm³/mol. The Bertz CT molecular complexity index is 921. The lowest BCUT2D eigenvalue weighted by Crippen LogP contribution is -2.24. The number of benzene rings is 2. The molecule has 0 atom stereocenters. The van der Waals surface area contributed by atoms with Gasteiger partial charge in [-0.3, -0.25) is 14.2 Å². The fraction of sp³-hybridized carbons (Fsp3) is 0.0625. The first kappa shape index (κ1) is 15.1. The van der Waals surface area contributed by atoms with Gasteiger partial charge in [0.2, 0.25) is 0 Å². The van der Waals surface area contributed by atoms with Crippen LogP contribution in [-0.4, -0.2) is 15.3 Å². The summed E-state index contributed by atoms with van der Waals surface area (Å²) in [5.41, 5.74) is 0.915. The van der Waals surface area contributed by atoms with Gasteiger partial charge in [-0.2, -0.15) is 0 Å². The zero-order valence-corrected chi connectivity index (χ0v) is 14.5. The van der Waals surface area contributed by atoms with Crippen molar-refractivity contribution >= 4 is 48.5 Å². The van der Waals surface area contributed by atoms with Gasteiger partial charge in [0.25, 0.3) is 5.56 Å². The van der Waals surface area contributed by atoms with E-state index in [1.54, 1.807) is 30.3 Å². The van der Waals surface area contributed by atoms with E-state index < -0.39 is 0 Å². The second kappa shape index (κ2) is 6.14. The van der Waals surface area contributed by atoms with Gasteiger partial charge in [-0.1, -0.05) is 46.3 Å². The van der Waals surface area contributed by atoms with Gasteiger partial charge in [-0.25, -0.2) is 4.98 Å².